The maximum Gasteiger partial charge on any atom is 0.192 e. The van der Waals surface area contributed by atoms with Crippen LogP contribution in [0.1, 0.15) is 17.2 Å². The Balaban J connectivity index is 2.19. The van der Waals surface area contributed by atoms with Gasteiger partial charge in [-0.1, -0.05) is 23.7 Å². The van der Waals surface area contributed by atoms with Gasteiger partial charge in [0.1, 0.15) is 0 Å². The molecule has 0 fully saturated rings. The number of aliphatic imine (C=N–C) groups is 1. The molecule has 1 aromatic rings. The summed E-state index contributed by atoms with van der Waals surface area (Å²) in [5.74, 6) is 0.578. The highest BCUT2D eigenvalue weighted by Crippen LogP contribution is 2.28. The summed E-state index contributed by atoms with van der Waals surface area (Å²) in [7, 11) is 1.68. The standard InChI is InChI=1S/C13H18ClN3O/c1-9-3-4-10(7-11(9)14)12-8-16-13(15)17(12)5-6-18-2/h3-4,7,12H,5-6,8H2,1-2H3,(H2,15,16). The lowest BCUT2D eigenvalue weighted by atomic mass is 10.0. The van der Waals surface area contributed by atoms with Gasteiger partial charge in [-0.05, 0) is 24.1 Å². The second-order valence-electron chi connectivity index (χ2n) is 4.41. The Labute approximate surface area is 112 Å². The third-order valence-electron chi connectivity index (χ3n) is 3.21. The van der Waals surface area contributed by atoms with Gasteiger partial charge in [0.2, 0.25) is 0 Å². The monoisotopic (exact) mass is 267 g/mol. The van der Waals surface area contributed by atoms with E-state index in [2.05, 4.69) is 16.0 Å². The average Bonchev–Trinajstić information content (AvgIpc) is 2.72. The molecule has 0 amide bonds. The number of benzene rings is 1. The molecule has 0 saturated heterocycles. The van der Waals surface area contributed by atoms with Gasteiger partial charge in [-0.15, -0.1) is 0 Å². The Kier molecular flexibility index (Phi) is 4.09. The van der Waals surface area contributed by atoms with E-state index in [0.29, 0.717) is 19.1 Å². The van der Waals surface area contributed by atoms with Crippen LogP contribution < -0.4 is 5.73 Å². The van der Waals surface area contributed by atoms with Crippen LogP contribution in [-0.2, 0) is 4.74 Å². The lowest BCUT2D eigenvalue weighted by molar-refractivity contribution is 0.166. The number of ether oxygens (including phenoxy) is 1. The number of methoxy groups -OCH3 is 1. The van der Waals surface area contributed by atoms with Gasteiger partial charge >= 0.3 is 0 Å². The zero-order chi connectivity index (χ0) is 13.1. The van der Waals surface area contributed by atoms with Crippen LogP contribution in [0.25, 0.3) is 0 Å². The van der Waals surface area contributed by atoms with Crippen LogP contribution in [0.2, 0.25) is 5.02 Å². The van der Waals surface area contributed by atoms with Crippen molar-refractivity contribution >= 4 is 17.6 Å². The fraction of sp³-hybridized carbons (Fsp3) is 0.462. The van der Waals surface area contributed by atoms with Gasteiger partial charge in [0, 0.05) is 18.7 Å². The van der Waals surface area contributed by atoms with Crippen LogP contribution in [0.5, 0.6) is 0 Å². The van der Waals surface area contributed by atoms with Gasteiger partial charge < -0.3 is 15.4 Å². The van der Waals surface area contributed by atoms with Gasteiger partial charge in [-0.25, -0.2) is 0 Å². The van der Waals surface area contributed by atoms with Gasteiger partial charge in [0.05, 0.1) is 19.2 Å². The van der Waals surface area contributed by atoms with Crippen LogP contribution >= 0.6 is 11.6 Å². The van der Waals surface area contributed by atoms with Crippen LogP contribution in [0.4, 0.5) is 0 Å². The molecule has 98 valence electrons. The summed E-state index contributed by atoms with van der Waals surface area (Å²) in [5.41, 5.74) is 8.13. The van der Waals surface area contributed by atoms with Crippen molar-refractivity contribution in [1.29, 1.82) is 0 Å². The van der Waals surface area contributed by atoms with E-state index in [0.717, 1.165) is 22.7 Å². The SMILES string of the molecule is COCCN1C(N)=NCC1c1ccc(C)c(Cl)c1. The molecule has 1 atom stereocenters. The first-order valence-corrected chi connectivity index (χ1v) is 6.33. The number of aryl methyl sites for hydroxylation is 1. The molecule has 2 rings (SSSR count). The van der Waals surface area contributed by atoms with Crippen LogP contribution in [0.3, 0.4) is 0 Å². The van der Waals surface area contributed by atoms with Gasteiger partial charge in [0.15, 0.2) is 5.96 Å². The molecular weight excluding hydrogens is 250 g/mol. The van der Waals surface area contributed by atoms with Crippen molar-refractivity contribution in [1.82, 2.24) is 4.90 Å². The van der Waals surface area contributed by atoms with Crippen molar-refractivity contribution in [3.63, 3.8) is 0 Å². The summed E-state index contributed by atoms with van der Waals surface area (Å²) in [6.07, 6.45) is 0. The fourth-order valence-electron chi connectivity index (χ4n) is 2.09. The Morgan fingerprint density at radius 2 is 2.33 bits per heavy atom. The molecular formula is C13H18ClN3O. The maximum absolute atomic E-state index is 6.17. The first-order valence-electron chi connectivity index (χ1n) is 5.95. The summed E-state index contributed by atoms with van der Waals surface area (Å²) in [4.78, 5) is 6.36. The topological polar surface area (TPSA) is 50.9 Å². The smallest absolute Gasteiger partial charge is 0.192 e. The summed E-state index contributed by atoms with van der Waals surface area (Å²) < 4.78 is 5.10. The molecule has 1 unspecified atom stereocenters. The first kappa shape index (κ1) is 13.2. The number of hydrogen-bond acceptors (Lipinski definition) is 4. The van der Waals surface area contributed by atoms with Gasteiger partial charge in [0.25, 0.3) is 0 Å². The van der Waals surface area contributed by atoms with Crippen molar-refractivity contribution in [2.75, 3.05) is 26.8 Å². The van der Waals surface area contributed by atoms with Crippen molar-refractivity contribution in [2.24, 2.45) is 10.7 Å². The van der Waals surface area contributed by atoms with E-state index in [1.807, 2.05) is 19.1 Å². The van der Waals surface area contributed by atoms with Crippen LogP contribution in [0, 0.1) is 6.92 Å². The molecule has 0 aromatic heterocycles. The Morgan fingerprint density at radius 3 is 3.00 bits per heavy atom. The third kappa shape index (κ3) is 2.60. The van der Waals surface area contributed by atoms with E-state index in [4.69, 9.17) is 22.1 Å². The number of guanidine groups is 1. The minimum atomic E-state index is 0.165. The molecule has 0 saturated carbocycles. The molecule has 4 nitrogen and oxygen atoms in total. The molecule has 1 heterocycles. The predicted octanol–water partition coefficient (Wildman–Crippen LogP) is 1.97. The highest BCUT2D eigenvalue weighted by atomic mass is 35.5. The molecule has 0 aliphatic carbocycles. The molecule has 18 heavy (non-hydrogen) atoms. The summed E-state index contributed by atoms with van der Waals surface area (Å²) in [5, 5.41) is 0.782. The normalized spacial score (nSPS) is 19.2. The highest BCUT2D eigenvalue weighted by Gasteiger charge is 2.27. The minimum absolute atomic E-state index is 0.165. The Bertz CT molecular complexity index is 462. The Hall–Kier alpha value is -1.26. The van der Waals surface area contributed by atoms with E-state index < -0.39 is 0 Å². The average molecular weight is 268 g/mol. The highest BCUT2D eigenvalue weighted by molar-refractivity contribution is 6.31. The van der Waals surface area contributed by atoms with Gasteiger partial charge in [-0.3, -0.25) is 4.99 Å². The fourth-order valence-corrected chi connectivity index (χ4v) is 2.28. The van der Waals surface area contributed by atoms with Crippen LogP contribution in [0.15, 0.2) is 23.2 Å². The molecule has 1 aromatic carbocycles. The van der Waals surface area contributed by atoms with Crippen molar-refractivity contribution in [3.8, 4) is 0 Å². The van der Waals surface area contributed by atoms with Gasteiger partial charge in [-0.2, -0.15) is 0 Å². The van der Waals surface area contributed by atoms with Crippen molar-refractivity contribution in [3.05, 3.63) is 34.3 Å². The van der Waals surface area contributed by atoms with Crippen LogP contribution in [-0.4, -0.2) is 37.7 Å². The third-order valence-corrected chi connectivity index (χ3v) is 3.62. The molecule has 5 heteroatoms. The number of nitrogens with zero attached hydrogens (tertiary/aromatic N) is 2. The van der Waals surface area contributed by atoms with Crippen molar-refractivity contribution in [2.45, 2.75) is 13.0 Å². The molecule has 1 aliphatic heterocycles. The number of hydrogen-bond donors (Lipinski definition) is 1. The minimum Gasteiger partial charge on any atom is -0.383 e. The quantitative estimate of drug-likeness (QED) is 0.907. The molecule has 1 aliphatic rings. The number of nitrogens with two attached hydrogens (primary N) is 1. The maximum atomic E-state index is 6.17. The van der Waals surface area contributed by atoms with Crippen molar-refractivity contribution < 1.29 is 4.74 Å². The first-order chi connectivity index (χ1) is 8.63. The summed E-state index contributed by atoms with van der Waals surface area (Å²) in [6.45, 7) is 4.04. The summed E-state index contributed by atoms with van der Waals surface area (Å²) in [6, 6.07) is 6.27. The second-order valence-corrected chi connectivity index (χ2v) is 4.82. The zero-order valence-corrected chi connectivity index (χ0v) is 11.4. The lowest BCUT2D eigenvalue weighted by Gasteiger charge is -2.26. The van der Waals surface area contributed by atoms with E-state index in [1.54, 1.807) is 7.11 Å². The molecule has 0 radical (unpaired) electrons. The summed E-state index contributed by atoms with van der Waals surface area (Å²) >= 11 is 6.17. The van der Waals surface area contributed by atoms with E-state index in [1.165, 1.54) is 0 Å². The molecule has 2 N–H and O–H groups in total. The molecule has 0 spiro atoms. The van der Waals surface area contributed by atoms with E-state index >= 15 is 0 Å². The Morgan fingerprint density at radius 1 is 1.56 bits per heavy atom. The zero-order valence-electron chi connectivity index (χ0n) is 10.7. The van der Waals surface area contributed by atoms with E-state index in [-0.39, 0.29) is 6.04 Å². The second kappa shape index (κ2) is 5.59. The number of halogens is 1. The lowest BCUT2D eigenvalue weighted by Crippen LogP contribution is -2.38. The van der Waals surface area contributed by atoms with E-state index in [9.17, 15) is 0 Å². The largest absolute Gasteiger partial charge is 0.383 e. The molecule has 0 bridgehead atoms. The number of rotatable bonds is 4. The predicted molar refractivity (Wildman–Crippen MR) is 74.0 cm³/mol.